The average molecular weight is 331 g/mol. The van der Waals surface area contributed by atoms with E-state index < -0.39 is 0 Å². The van der Waals surface area contributed by atoms with Crippen LogP contribution in [0, 0.1) is 6.92 Å². The molecule has 0 aromatic carbocycles. The van der Waals surface area contributed by atoms with Crippen molar-refractivity contribution in [1.29, 1.82) is 0 Å². The van der Waals surface area contributed by atoms with Gasteiger partial charge in [0.1, 0.15) is 5.69 Å². The highest BCUT2D eigenvalue weighted by molar-refractivity contribution is 7.13. The van der Waals surface area contributed by atoms with Crippen molar-refractivity contribution in [3.8, 4) is 0 Å². The van der Waals surface area contributed by atoms with Crippen LogP contribution in [0.5, 0.6) is 0 Å². The molecule has 122 valence electrons. The number of aryl methyl sites for hydroxylation is 1. The van der Waals surface area contributed by atoms with E-state index in [1.165, 1.54) is 0 Å². The molecule has 2 aromatic heterocycles. The minimum Gasteiger partial charge on any atom is -0.368 e. The largest absolute Gasteiger partial charge is 0.368 e. The van der Waals surface area contributed by atoms with Crippen LogP contribution < -0.4 is 9.80 Å². The summed E-state index contributed by atoms with van der Waals surface area (Å²) in [6.07, 6.45) is 1.71. The zero-order valence-corrected chi connectivity index (χ0v) is 14.5. The molecule has 1 aliphatic heterocycles. The van der Waals surface area contributed by atoms with E-state index in [2.05, 4.69) is 25.1 Å². The number of amides is 1. The molecule has 0 saturated carbocycles. The van der Waals surface area contributed by atoms with Gasteiger partial charge in [-0.1, -0.05) is 0 Å². The fourth-order valence-electron chi connectivity index (χ4n) is 2.60. The summed E-state index contributed by atoms with van der Waals surface area (Å²) >= 11 is 1.70. The van der Waals surface area contributed by atoms with Crippen molar-refractivity contribution in [2.75, 3.05) is 50.1 Å². The Bertz CT molecular complexity index is 691. The fourth-order valence-corrected chi connectivity index (χ4v) is 3.46. The number of rotatable bonds is 3. The molecule has 0 N–H and O–H groups in total. The number of hydrogen-bond donors (Lipinski definition) is 0. The van der Waals surface area contributed by atoms with Crippen LogP contribution in [-0.2, 0) is 0 Å². The van der Waals surface area contributed by atoms with Crippen molar-refractivity contribution in [2.45, 2.75) is 6.92 Å². The van der Waals surface area contributed by atoms with Crippen LogP contribution in [0.1, 0.15) is 16.2 Å². The monoisotopic (exact) mass is 331 g/mol. The SMILES string of the molecule is Cc1csc(N2CCN(c3ccnc(C(=O)N(C)C)c3)CC2)n1. The second-order valence-electron chi connectivity index (χ2n) is 5.84. The molecule has 2 aromatic rings. The highest BCUT2D eigenvalue weighted by Crippen LogP contribution is 2.23. The van der Waals surface area contributed by atoms with Crippen molar-refractivity contribution in [1.82, 2.24) is 14.9 Å². The average Bonchev–Trinajstić information content (AvgIpc) is 3.01. The van der Waals surface area contributed by atoms with Crippen molar-refractivity contribution in [3.63, 3.8) is 0 Å². The summed E-state index contributed by atoms with van der Waals surface area (Å²) in [6.45, 7) is 5.73. The lowest BCUT2D eigenvalue weighted by Crippen LogP contribution is -2.46. The predicted octanol–water partition coefficient (Wildman–Crippen LogP) is 1.87. The first-order valence-corrected chi connectivity index (χ1v) is 8.52. The highest BCUT2D eigenvalue weighted by atomic mass is 32.1. The first-order chi connectivity index (χ1) is 11.0. The summed E-state index contributed by atoms with van der Waals surface area (Å²) in [6, 6.07) is 3.85. The number of piperazine rings is 1. The van der Waals surface area contributed by atoms with E-state index in [-0.39, 0.29) is 5.91 Å². The molecule has 1 amide bonds. The second-order valence-corrected chi connectivity index (χ2v) is 6.68. The maximum absolute atomic E-state index is 12.0. The van der Waals surface area contributed by atoms with Gasteiger partial charge in [-0.25, -0.2) is 4.98 Å². The molecule has 6 nitrogen and oxygen atoms in total. The van der Waals surface area contributed by atoms with Crippen molar-refractivity contribution in [3.05, 3.63) is 35.1 Å². The smallest absolute Gasteiger partial charge is 0.272 e. The lowest BCUT2D eigenvalue weighted by Gasteiger charge is -2.36. The topological polar surface area (TPSA) is 52.6 Å². The summed E-state index contributed by atoms with van der Waals surface area (Å²) < 4.78 is 0. The van der Waals surface area contributed by atoms with Gasteiger partial charge in [-0.2, -0.15) is 0 Å². The van der Waals surface area contributed by atoms with Crippen molar-refractivity contribution in [2.24, 2.45) is 0 Å². The van der Waals surface area contributed by atoms with E-state index in [4.69, 9.17) is 0 Å². The molecule has 1 aliphatic rings. The van der Waals surface area contributed by atoms with Gasteiger partial charge in [0.05, 0.1) is 5.69 Å². The maximum Gasteiger partial charge on any atom is 0.272 e. The molecule has 7 heteroatoms. The van der Waals surface area contributed by atoms with Gasteiger partial charge in [0, 0.05) is 57.5 Å². The number of pyridine rings is 1. The lowest BCUT2D eigenvalue weighted by molar-refractivity contribution is 0.0822. The third-order valence-electron chi connectivity index (χ3n) is 3.89. The Kier molecular flexibility index (Phi) is 4.47. The van der Waals surface area contributed by atoms with Crippen LogP contribution >= 0.6 is 11.3 Å². The minimum atomic E-state index is -0.0660. The zero-order valence-electron chi connectivity index (χ0n) is 13.7. The van der Waals surface area contributed by atoms with Gasteiger partial charge in [0.15, 0.2) is 5.13 Å². The first kappa shape index (κ1) is 15.7. The molecule has 1 saturated heterocycles. The number of nitrogens with zero attached hydrogens (tertiary/aromatic N) is 5. The van der Waals surface area contributed by atoms with Crippen molar-refractivity contribution >= 4 is 28.1 Å². The second kappa shape index (κ2) is 6.54. The number of thiazole rings is 1. The standard InChI is InChI=1S/C16H21N5OS/c1-12-11-23-16(18-12)21-8-6-20(7-9-21)13-4-5-17-14(10-13)15(22)19(2)3/h4-5,10-11H,6-9H2,1-3H3. The number of anilines is 2. The molecule has 0 aliphatic carbocycles. The summed E-state index contributed by atoms with van der Waals surface area (Å²) in [7, 11) is 3.48. The summed E-state index contributed by atoms with van der Waals surface area (Å²) in [5.74, 6) is -0.0660. The summed E-state index contributed by atoms with van der Waals surface area (Å²) in [5.41, 5.74) is 2.62. The van der Waals surface area contributed by atoms with Gasteiger partial charge in [-0.15, -0.1) is 11.3 Å². The van der Waals surface area contributed by atoms with Gasteiger partial charge in [-0.3, -0.25) is 9.78 Å². The van der Waals surface area contributed by atoms with Gasteiger partial charge in [0.25, 0.3) is 5.91 Å². The minimum absolute atomic E-state index is 0.0660. The molecular formula is C16H21N5OS. The third kappa shape index (κ3) is 3.44. The highest BCUT2D eigenvalue weighted by Gasteiger charge is 2.20. The molecule has 0 radical (unpaired) electrons. The molecule has 0 atom stereocenters. The Morgan fingerprint density at radius 2 is 1.91 bits per heavy atom. The van der Waals surface area contributed by atoms with Crippen LogP contribution in [0.3, 0.4) is 0 Å². The summed E-state index contributed by atoms with van der Waals surface area (Å²) in [5, 5.41) is 3.18. The van der Waals surface area contributed by atoms with Crippen LogP contribution in [0.25, 0.3) is 0 Å². The van der Waals surface area contributed by atoms with Crippen molar-refractivity contribution < 1.29 is 4.79 Å². The number of carbonyl (C=O) groups excluding carboxylic acids is 1. The Morgan fingerprint density at radius 1 is 1.22 bits per heavy atom. The van der Waals surface area contributed by atoms with E-state index in [9.17, 15) is 4.79 Å². The molecular weight excluding hydrogens is 310 g/mol. The Hall–Kier alpha value is -2.15. The lowest BCUT2D eigenvalue weighted by atomic mass is 10.2. The van der Waals surface area contributed by atoms with Gasteiger partial charge >= 0.3 is 0 Å². The molecule has 23 heavy (non-hydrogen) atoms. The number of aromatic nitrogens is 2. The van der Waals surface area contributed by atoms with Crippen LogP contribution in [-0.4, -0.2) is 61.0 Å². The quantitative estimate of drug-likeness (QED) is 0.859. The van der Waals surface area contributed by atoms with Crippen LogP contribution in [0.2, 0.25) is 0 Å². The zero-order chi connectivity index (χ0) is 16.4. The van der Waals surface area contributed by atoms with E-state index in [1.807, 2.05) is 19.1 Å². The third-order valence-corrected chi connectivity index (χ3v) is 4.91. The Balaban J connectivity index is 1.68. The molecule has 0 unspecified atom stereocenters. The first-order valence-electron chi connectivity index (χ1n) is 7.64. The van der Waals surface area contributed by atoms with E-state index in [1.54, 1.807) is 36.5 Å². The van der Waals surface area contributed by atoms with Crippen LogP contribution in [0.15, 0.2) is 23.7 Å². The molecule has 0 bridgehead atoms. The van der Waals surface area contributed by atoms with E-state index in [0.717, 1.165) is 42.7 Å². The normalized spacial score (nSPS) is 14.9. The Labute approximate surface area is 140 Å². The van der Waals surface area contributed by atoms with Gasteiger partial charge in [-0.05, 0) is 19.1 Å². The molecule has 1 fully saturated rings. The summed E-state index contributed by atoms with van der Waals surface area (Å²) in [4.78, 5) is 27.0. The Morgan fingerprint density at radius 3 is 2.52 bits per heavy atom. The number of hydrogen-bond acceptors (Lipinski definition) is 6. The fraction of sp³-hybridized carbons (Fsp3) is 0.438. The number of carbonyl (C=O) groups is 1. The van der Waals surface area contributed by atoms with E-state index in [0.29, 0.717) is 5.69 Å². The maximum atomic E-state index is 12.0. The predicted molar refractivity (Wildman–Crippen MR) is 93.5 cm³/mol. The molecule has 3 rings (SSSR count). The molecule has 3 heterocycles. The van der Waals surface area contributed by atoms with E-state index >= 15 is 0 Å². The van der Waals surface area contributed by atoms with Gasteiger partial charge in [0.2, 0.25) is 0 Å². The molecule has 0 spiro atoms. The van der Waals surface area contributed by atoms with Gasteiger partial charge < -0.3 is 14.7 Å². The van der Waals surface area contributed by atoms with Crippen LogP contribution in [0.4, 0.5) is 10.8 Å².